The molecule has 0 atom stereocenters. The van der Waals surface area contributed by atoms with Gasteiger partial charge < -0.3 is 9.84 Å². The van der Waals surface area contributed by atoms with Crippen LogP contribution in [0.3, 0.4) is 0 Å². The van der Waals surface area contributed by atoms with Crippen LogP contribution in [0.1, 0.15) is 5.69 Å². The van der Waals surface area contributed by atoms with Crippen LogP contribution in [0.15, 0.2) is 53.0 Å². The van der Waals surface area contributed by atoms with Gasteiger partial charge in [0.25, 0.3) is 0 Å². The van der Waals surface area contributed by atoms with Gasteiger partial charge in [0.05, 0.1) is 12.3 Å². The quantitative estimate of drug-likeness (QED) is 0.762. The van der Waals surface area contributed by atoms with Crippen molar-refractivity contribution in [1.29, 1.82) is 0 Å². The Kier molecular flexibility index (Phi) is 3.86. The molecule has 0 bridgehead atoms. The maximum atomic E-state index is 13.4. The molecule has 0 aliphatic heterocycles. The molecule has 0 saturated heterocycles. The highest BCUT2D eigenvalue weighted by molar-refractivity contribution is 9.10. The molecular weight excluding hydrogens is 337 g/mol. The highest BCUT2D eigenvalue weighted by Crippen LogP contribution is 2.30. The summed E-state index contributed by atoms with van der Waals surface area (Å²) < 4.78 is 19.7. The SMILES string of the molecule is OCc1cc2ccccc2c(Oc2cc(F)cc(Br)c2)n1. The first-order valence-electron chi connectivity index (χ1n) is 6.29. The lowest BCUT2D eigenvalue weighted by Crippen LogP contribution is -1.95. The molecule has 106 valence electrons. The molecule has 21 heavy (non-hydrogen) atoms. The molecule has 0 saturated carbocycles. The Balaban J connectivity index is 2.10. The fraction of sp³-hybridized carbons (Fsp3) is 0.0625. The van der Waals surface area contributed by atoms with E-state index in [2.05, 4.69) is 20.9 Å². The summed E-state index contributed by atoms with van der Waals surface area (Å²) in [5.41, 5.74) is 0.499. The van der Waals surface area contributed by atoms with Crippen molar-refractivity contribution in [2.75, 3.05) is 0 Å². The van der Waals surface area contributed by atoms with Gasteiger partial charge in [-0.1, -0.05) is 34.1 Å². The zero-order chi connectivity index (χ0) is 14.8. The molecule has 0 radical (unpaired) electrons. The number of fused-ring (bicyclic) bond motifs is 1. The molecule has 3 nitrogen and oxygen atoms in total. The van der Waals surface area contributed by atoms with Crippen molar-refractivity contribution in [2.45, 2.75) is 6.61 Å². The molecule has 1 aromatic heterocycles. The van der Waals surface area contributed by atoms with Crippen LogP contribution < -0.4 is 4.74 Å². The van der Waals surface area contributed by atoms with E-state index < -0.39 is 5.82 Å². The van der Waals surface area contributed by atoms with Crippen LogP contribution in [0.5, 0.6) is 11.6 Å². The molecule has 2 aromatic carbocycles. The summed E-state index contributed by atoms with van der Waals surface area (Å²) >= 11 is 3.22. The number of nitrogens with zero attached hydrogens (tertiary/aromatic N) is 1. The van der Waals surface area contributed by atoms with E-state index in [-0.39, 0.29) is 6.61 Å². The maximum absolute atomic E-state index is 13.4. The van der Waals surface area contributed by atoms with Gasteiger partial charge in [-0.3, -0.25) is 0 Å². The first kappa shape index (κ1) is 14.0. The van der Waals surface area contributed by atoms with Crippen molar-refractivity contribution in [1.82, 2.24) is 4.98 Å². The highest BCUT2D eigenvalue weighted by atomic mass is 79.9. The number of aliphatic hydroxyl groups is 1. The van der Waals surface area contributed by atoms with Gasteiger partial charge in [0.15, 0.2) is 0 Å². The van der Waals surface area contributed by atoms with Gasteiger partial charge in [0, 0.05) is 15.9 Å². The normalized spacial score (nSPS) is 10.8. The van der Waals surface area contributed by atoms with Gasteiger partial charge in [0.1, 0.15) is 11.6 Å². The highest BCUT2D eigenvalue weighted by Gasteiger charge is 2.09. The van der Waals surface area contributed by atoms with Gasteiger partial charge >= 0.3 is 0 Å². The molecule has 0 aliphatic rings. The number of ether oxygens (including phenoxy) is 1. The van der Waals surface area contributed by atoms with E-state index in [0.29, 0.717) is 21.8 Å². The summed E-state index contributed by atoms with van der Waals surface area (Å²) in [4.78, 5) is 4.26. The van der Waals surface area contributed by atoms with Crippen molar-refractivity contribution in [3.05, 3.63) is 64.5 Å². The molecule has 3 aromatic rings. The molecule has 1 N–H and O–H groups in total. The third-order valence-electron chi connectivity index (χ3n) is 2.97. The lowest BCUT2D eigenvalue weighted by Gasteiger charge is -2.10. The number of rotatable bonds is 3. The molecule has 3 rings (SSSR count). The van der Waals surface area contributed by atoms with Crippen LogP contribution in [0.2, 0.25) is 0 Å². The minimum Gasteiger partial charge on any atom is -0.438 e. The van der Waals surface area contributed by atoms with Crippen molar-refractivity contribution < 1.29 is 14.2 Å². The zero-order valence-electron chi connectivity index (χ0n) is 10.9. The van der Waals surface area contributed by atoms with Gasteiger partial charge in [-0.05, 0) is 29.7 Å². The van der Waals surface area contributed by atoms with E-state index in [1.807, 2.05) is 24.3 Å². The molecule has 0 aliphatic carbocycles. The number of hydrogen-bond acceptors (Lipinski definition) is 3. The van der Waals surface area contributed by atoms with E-state index in [1.54, 1.807) is 12.1 Å². The minimum absolute atomic E-state index is 0.186. The standard InChI is InChI=1S/C16H11BrFNO2/c17-11-6-12(18)8-14(7-11)21-16-15-4-2-1-3-10(15)5-13(9-20)19-16/h1-8,20H,9H2. The third kappa shape index (κ3) is 3.04. The van der Waals surface area contributed by atoms with Gasteiger partial charge in [-0.2, -0.15) is 0 Å². The van der Waals surface area contributed by atoms with Gasteiger partial charge in [-0.25, -0.2) is 9.37 Å². The van der Waals surface area contributed by atoms with Crippen LogP contribution in [-0.4, -0.2) is 10.1 Å². The number of pyridine rings is 1. The third-order valence-corrected chi connectivity index (χ3v) is 3.43. The second-order valence-corrected chi connectivity index (χ2v) is 5.42. The van der Waals surface area contributed by atoms with Crippen LogP contribution in [0.4, 0.5) is 4.39 Å². The Bertz CT molecular complexity index is 787. The lowest BCUT2D eigenvalue weighted by molar-refractivity contribution is 0.275. The summed E-state index contributed by atoms with van der Waals surface area (Å²) in [5, 5.41) is 11.0. The number of benzene rings is 2. The van der Waals surface area contributed by atoms with Crippen LogP contribution in [0, 0.1) is 5.82 Å². The number of aliphatic hydroxyl groups excluding tert-OH is 1. The largest absolute Gasteiger partial charge is 0.438 e. The molecule has 0 unspecified atom stereocenters. The van der Waals surface area contributed by atoms with E-state index in [4.69, 9.17) is 4.74 Å². The Morgan fingerprint density at radius 1 is 1.14 bits per heavy atom. The summed E-state index contributed by atoms with van der Waals surface area (Å²) in [6.07, 6.45) is 0. The Hall–Kier alpha value is -1.98. The Morgan fingerprint density at radius 2 is 1.95 bits per heavy atom. The molecular formula is C16H11BrFNO2. The fourth-order valence-electron chi connectivity index (χ4n) is 2.08. The fourth-order valence-corrected chi connectivity index (χ4v) is 2.52. The second kappa shape index (κ2) is 5.79. The Labute approximate surface area is 129 Å². The predicted octanol–water partition coefficient (Wildman–Crippen LogP) is 4.42. The summed E-state index contributed by atoms with van der Waals surface area (Å²) in [6, 6.07) is 13.6. The van der Waals surface area contributed by atoms with Crippen LogP contribution in [-0.2, 0) is 6.61 Å². The first-order valence-corrected chi connectivity index (χ1v) is 7.08. The number of halogens is 2. The molecule has 1 heterocycles. The Morgan fingerprint density at radius 3 is 2.71 bits per heavy atom. The summed E-state index contributed by atoms with van der Waals surface area (Å²) in [7, 11) is 0. The molecule has 0 fully saturated rings. The van der Waals surface area contributed by atoms with Crippen LogP contribution >= 0.6 is 15.9 Å². The average molecular weight is 348 g/mol. The minimum atomic E-state index is -0.401. The van der Waals surface area contributed by atoms with Crippen molar-refractivity contribution in [3.63, 3.8) is 0 Å². The average Bonchev–Trinajstić information content (AvgIpc) is 2.46. The van der Waals surface area contributed by atoms with E-state index >= 15 is 0 Å². The molecule has 5 heteroatoms. The molecule has 0 amide bonds. The summed E-state index contributed by atoms with van der Waals surface area (Å²) in [6.45, 7) is -0.186. The maximum Gasteiger partial charge on any atom is 0.227 e. The number of aromatic nitrogens is 1. The predicted molar refractivity (Wildman–Crippen MR) is 81.8 cm³/mol. The van der Waals surface area contributed by atoms with Crippen molar-refractivity contribution in [2.24, 2.45) is 0 Å². The lowest BCUT2D eigenvalue weighted by atomic mass is 10.1. The smallest absolute Gasteiger partial charge is 0.227 e. The summed E-state index contributed by atoms with van der Waals surface area (Å²) in [5.74, 6) is 0.284. The first-order chi connectivity index (χ1) is 10.2. The topological polar surface area (TPSA) is 42.4 Å². The van der Waals surface area contributed by atoms with Crippen molar-refractivity contribution >= 4 is 26.7 Å². The van der Waals surface area contributed by atoms with E-state index in [1.165, 1.54) is 12.1 Å². The van der Waals surface area contributed by atoms with Gasteiger partial charge in [0.2, 0.25) is 5.88 Å². The zero-order valence-corrected chi connectivity index (χ0v) is 12.5. The van der Waals surface area contributed by atoms with Crippen molar-refractivity contribution in [3.8, 4) is 11.6 Å². The van der Waals surface area contributed by atoms with Crippen LogP contribution in [0.25, 0.3) is 10.8 Å². The van der Waals surface area contributed by atoms with E-state index in [0.717, 1.165) is 10.8 Å². The van der Waals surface area contributed by atoms with Gasteiger partial charge in [-0.15, -0.1) is 0 Å². The monoisotopic (exact) mass is 347 g/mol. The second-order valence-electron chi connectivity index (χ2n) is 4.51. The molecule has 0 spiro atoms. The number of hydrogen-bond donors (Lipinski definition) is 1. The van der Waals surface area contributed by atoms with E-state index in [9.17, 15) is 9.50 Å².